The minimum Gasteiger partial charge on any atom is -0.480 e. The number of nitrogens with one attached hydrogen (secondary N) is 1. The lowest BCUT2D eigenvalue weighted by Crippen LogP contribution is -2.47. The first kappa shape index (κ1) is 18.4. The number of esters is 1. The molecule has 2 N–H and O–H groups in total. The van der Waals surface area contributed by atoms with Crippen LogP contribution in [0.1, 0.15) is 31.7 Å². The van der Waals surface area contributed by atoms with Crippen molar-refractivity contribution in [1.82, 2.24) is 4.72 Å². The Morgan fingerprint density at radius 1 is 1.29 bits per heavy atom. The third kappa shape index (κ3) is 4.33. The monoisotopic (exact) mass is 355 g/mol. The summed E-state index contributed by atoms with van der Waals surface area (Å²) in [5.41, 5.74) is 0.711. The van der Waals surface area contributed by atoms with Gasteiger partial charge in [0.05, 0.1) is 17.8 Å². The Balaban J connectivity index is 2.10. The largest absolute Gasteiger partial charge is 0.480 e. The molecular formula is C16H21NO6S. The predicted octanol–water partition coefficient (Wildman–Crippen LogP) is 1.09. The van der Waals surface area contributed by atoms with Gasteiger partial charge in [-0.25, -0.2) is 13.1 Å². The van der Waals surface area contributed by atoms with Crippen LogP contribution in [0.15, 0.2) is 30.3 Å². The van der Waals surface area contributed by atoms with Gasteiger partial charge in [-0.15, -0.1) is 0 Å². The Morgan fingerprint density at radius 3 is 2.42 bits per heavy atom. The van der Waals surface area contributed by atoms with Gasteiger partial charge in [-0.05, 0) is 31.7 Å². The predicted molar refractivity (Wildman–Crippen MR) is 86.8 cm³/mol. The standard InChI is InChI=1S/C16H21NO6S/c1-2-23-14(18)11-16(8-9-16)24(21,22)17-13(15(19)20)10-12-6-4-3-5-7-12/h3-7,13,17H,2,8-11H2,1H3,(H,19,20)/t13-/m0/s1. The molecule has 0 aliphatic heterocycles. The lowest BCUT2D eigenvalue weighted by atomic mass is 10.1. The molecule has 0 saturated heterocycles. The summed E-state index contributed by atoms with van der Waals surface area (Å²) in [6.07, 6.45) is 0.413. The van der Waals surface area contributed by atoms with E-state index in [2.05, 4.69) is 4.72 Å². The number of hydrogen-bond acceptors (Lipinski definition) is 5. The summed E-state index contributed by atoms with van der Waals surface area (Å²) in [5.74, 6) is -1.84. The molecule has 0 unspecified atom stereocenters. The van der Waals surface area contributed by atoms with Gasteiger partial charge in [-0.1, -0.05) is 30.3 Å². The minimum atomic E-state index is -3.96. The molecule has 132 valence electrons. The van der Waals surface area contributed by atoms with Crippen LogP contribution in [0.3, 0.4) is 0 Å². The number of hydrogen-bond donors (Lipinski definition) is 2. The van der Waals surface area contributed by atoms with Crippen molar-refractivity contribution in [3.05, 3.63) is 35.9 Å². The first-order chi connectivity index (χ1) is 11.3. The smallest absolute Gasteiger partial charge is 0.322 e. The molecule has 1 fully saturated rings. The van der Waals surface area contributed by atoms with E-state index in [0.717, 1.165) is 0 Å². The second-order valence-corrected chi connectivity index (χ2v) is 7.98. The Kier molecular flexibility index (Phi) is 5.61. The number of rotatable bonds is 9. The highest BCUT2D eigenvalue weighted by Crippen LogP contribution is 2.46. The summed E-state index contributed by atoms with van der Waals surface area (Å²) in [7, 11) is -3.96. The topological polar surface area (TPSA) is 110 Å². The van der Waals surface area contributed by atoms with Crippen molar-refractivity contribution >= 4 is 22.0 Å². The summed E-state index contributed by atoms with van der Waals surface area (Å²) < 4.78 is 31.0. The molecule has 1 saturated carbocycles. The van der Waals surface area contributed by atoms with Gasteiger partial charge in [-0.3, -0.25) is 9.59 Å². The van der Waals surface area contributed by atoms with Gasteiger partial charge in [0.1, 0.15) is 6.04 Å². The van der Waals surface area contributed by atoms with E-state index in [1.807, 2.05) is 0 Å². The van der Waals surface area contributed by atoms with E-state index in [-0.39, 0.29) is 19.4 Å². The molecule has 7 nitrogen and oxygen atoms in total. The number of carbonyl (C=O) groups excluding carboxylic acids is 1. The number of carboxylic acids is 1. The van der Waals surface area contributed by atoms with E-state index >= 15 is 0 Å². The highest BCUT2D eigenvalue weighted by molar-refractivity contribution is 7.91. The van der Waals surface area contributed by atoms with Gasteiger partial charge in [0.25, 0.3) is 0 Å². The maximum absolute atomic E-state index is 12.6. The normalized spacial score (nSPS) is 17.0. The molecular weight excluding hydrogens is 334 g/mol. The van der Waals surface area contributed by atoms with E-state index < -0.39 is 32.8 Å². The summed E-state index contributed by atoms with van der Waals surface area (Å²) in [6.45, 7) is 1.82. The number of sulfonamides is 1. The number of ether oxygens (including phenoxy) is 1. The Labute approximate surface area is 141 Å². The van der Waals surface area contributed by atoms with Gasteiger partial charge in [0.15, 0.2) is 0 Å². The van der Waals surface area contributed by atoms with Crippen LogP contribution in [0.5, 0.6) is 0 Å². The highest BCUT2D eigenvalue weighted by Gasteiger charge is 2.56. The fourth-order valence-electron chi connectivity index (χ4n) is 2.50. The second-order valence-electron chi connectivity index (χ2n) is 5.87. The molecule has 0 amide bonds. The average molecular weight is 355 g/mol. The third-order valence-corrected chi connectivity index (χ3v) is 6.32. The third-order valence-electron chi connectivity index (χ3n) is 4.03. The zero-order valence-electron chi connectivity index (χ0n) is 13.4. The van der Waals surface area contributed by atoms with Crippen molar-refractivity contribution < 1.29 is 27.9 Å². The van der Waals surface area contributed by atoms with E-state index in [4.69, 9.17) is 4.74 Å². The lowest BCUT2D eigenvalue weighted by Gasteiger charge is -2.20. The van der Waals surface area contributed by atoms with Crippen molar-refractivity contribution in [1.29, 1.82) is 0 Å². The van der Waals surface area contributed by atoms with Crippen LogP contribution in [0, 0.1) is 0 Å². The quantitative estimate of drug-likeness (QED) is 0.642. The Bertz CT molecular complexity index is 697. The first-order valence-corrected chi connectivity index (χ1v) is 9.22. The molecule has 8 heteroatoms. The fourth-order valence-corrected chi connectivity index (χ4v) is 4.25. The van der Waals surface area contributed by atoms with Crippen LogP contribution < -0.4 is 4.72 Å². The van der Waals surface area contributed by atoms with E-state index in [1.54, 1.807) is 37.3 Å². The van der Waals surface area contributed by atoms with Gasteiger partial charge < -0.3 is 9.84 Å². The molecule has 0 heterocycles. The molecule has 1 aromatic rings. The molecule has 0 radical (unpaired) electrons. The van der Waals surface area contributed by atoms with E-state index in [1.165, 1.54) is 0 Å². The highest BCUT2D eigenvalue weighted by atomic mass is 32.2. The minimum absolute atomic E-state index is 0.0326. The van der Waals surface area contributed by atoms with Gasteiger partial charge in [-0.2, -0.15) is 0 Å². The Hall–Kier alpha value is -1.93. The van der Waals surface area contributed by atoms with Crippen LogP contribution in [-0.4, -0.2) is 42.9 Å². The molecule has 1 aromatic carbocycles. The van der Waals surface area contributed by atoms with Gasteiger partial charge in [0.2, 0.25) is 10.0 Å². The summed E-state index contributed by atoms with van der Waals surface area (Å²) >= 11 is 0. The van der Waals surface area contributed by atoms with Crippen molar-refractivity contribution in [3.8, 4) is 0 Å². The van der Waals surface area contributed by atoms with Crippen molar-refractivity contribution in [2.24, 2.45) is 0 Å². The molecule has 1 atom stereocenters. The van der Waals surface area contributed by atoms with Crippen molar-refractivity contribution in [2.75, 3.05) is 6.61 Å². The molecule has 0 bridgehead atoms. The van der Waals surface area contributed by atoms with Crippen molar-refractivity contribution in [3.63, 3.8) is 0 Å². The summed E-state index contributed by atoms with van der Waals surface area (Å²) in [5, 5.41) is 9.33. The van der Waals surface area contributed by atoms with E-state index in [0.29, 0.717) is 18.4 Å². The van der Waals surface area contributed by atoms with E-state index in [9.17, 15) is 23.1 Å². The second kappa shape index (κ2) is 7.31. The SMILES string of the molecule is CCOC(=O)CC1(S(=O)(=O)N[C@@H](Cc2ccccc2)C(=O)O)CC1. The maximum atomic E-state index is 12.6. The summed E-state index contributed by atoms with van der Waals surface area (Å²) in [6, 6.07) is 7.49. The number of carboxylic acid groups (broad SMARTS) is 1. The molecule has 2 rings (SSSR count). The first-order valence-electron chi connectivity index (χ1n) is 7.74. The average Bonchev–Trinajstić information content (AvgIpc) is 3.29. The summed E-state index contributed by atoms with van der Waals surface area (Å²) in [4.78, 5) is 23.1. The van der Waals surface area contributed by atoms with Crippen LogP contribution >= 0.6 is 0 Å². The zero-order chi connectivity index (χ0) is 17.8. The lowest BCUT2D eigenvalue weighted by molar-refractivity contribution is -0.143. The van der Waals surface area contributed by atoms with Gasteiger partial charge >= 0.3 is 11.9 Å². The zero-order valence-corrected chi connectivity index (χ0v) is 14.2. The molecule has 1 aliphatic carbocycles. The molecule has 0 aromatic heterocycles. The Morgan fingerprint density at radius 2 is 1.92 bits per heavy atom. The van der Waals surface area contributed by atoms with Crippen LogP contribution in [0.2, 0.25) is 0 Å². The van der Waals surface area contributed by atoms with Crippen LogP contribution in [0.4, 0.5) is 0 Å². The van der Waals surface area contributed by atoms with Gasteiger partial charge in [0, 0.05) is 0 Å². The fraction of sp³-hybridized carbons (Fsp3) is 0.500. The van der Waals surface area contributed by atoms with Crippen molar-refractivity contribution in [2.45, 2.75) is 43.4 Å². The van der Waals surface area contributed by atoms with Crippen LogP contribution in [-0.2, 0) is 30.8 Å². The number of carbonyl (C=O) groups is 2. The maximum Gasteiger partial charge on any atom is 0.322 e. The molecule has 24 heavy (non-hydrogen) atoms. The number of aliphatic carboxylic acids is 1. The molecule has 1 aliphatic rings. The molecule has 0 spiro atoms. The van der Waals surface area contributed by atoms with Crippen LogP contribution in [0.25, 0.3) is 0 Å². The number of benzene rings is 1.